The fourth-order valence-electron chi connectivity index (χ4n) is 2.95. The van der Waals surface area contributed by atoms with Crippen LogP contribution in [0.2, 0.25) is 0 Å². The molecular formula is C22H37O. The molecule has 0 N–H and O–H groups in total. The van der Waals surface area contributed by atoms with Gasteiger partial charge in [-0.3, -0.25) is 0 Å². The molecule has 1 rings (SSSR count). The van der Waals surface area contributed by atoms with Gasteiger partial charge in [0, 0.05) is 6.07 Å². The molecule has 1 heteroatoms. The van der Waals surface area contributed by atoms with Crippen LogP contribution in [0, 0.1) is 6.07 Å². The van der Waals surface area contributed by atoms with Crippen molar-refractivity contribution in [2.45, 2.75) is 96.8 Å². The molecule has 131 valence electrons. The quantitative estimate of drug-likeness (QED) is 0.290. The van der Waals surface area contributed by atoms with Crippen molar-refractivity contribution < 1.29 is 4.74 Å². The second-order valence-electron chi connectivity index (χ2n) is 6.67. The smallest absolute Gasteiger partial charge is 0.127 e. The highest BCUT2D eigenvalue weighted by atomic mass is 16.5. The first-order valence-electron chi connectivity index (χ1n) is 10.0. The lowest BCUT2D eigenvalue weighted by Gasteiger charge is -2.05. The number of rotatable bonds is 16. The van der Waals surface area contributed by atoms with Crippen LogP contribution in [0.25, 0.3) is 0 Å². The van der Waals surface area contributed by atoms with Crippen LogP contribution in [0.3, 0.4) is 0 Å². The van der Waals surface area contributed by atoms with Crippen LogP contribution < -0.4 is 4.74 Å². The molecule has 1 radical (unpaired) electrons. The summed E-state index contributed by atoms with van der Waals surface area (Å²) < 4.78 is 5.66. The Morgan fingerprint density at radius 3 is 1.70 bits per heavy atom. The first kappa shape index (κ1) is 20.1. The van der Waals surface area contributed by atoms with Crippen molar-refractivity contribution in [3.63, 3.8) is 0 Å². The van der Waals surface area contributed by atoms with Crippen molar-refractivity contribution >= 4 is 0 Å². The molecule has 0 amide bonds. The molecule has 0 saturated heterocycles. The van der Waals surface area contributed by atoms with Gasteiger partial charge in [0.05, 0.1) is 6.61 Å². The van der Waals surface area contributed by atoms with E-state index < -0.39 is 0 Å². The van der Waals surface area contributed by atoms with Gasteiger partial charge in [0.15, 0.2) is 0 Å². The molecule has 0 saturated carbocycles. The molecule has 0 unspecified atom stereocenters. The second kappa shape index (κ2) is 15.9. The molecule has 0 aliphatic rings. The van der Waals surface area contributed by atoms with E-state index in [0.717, 1.165) is 12.4 Å². The SMILES string of the molecule is CCCCCCCCCCCCCCCCOc1[c]cccc1. The maximum atomic E-state index is 5.66. The Bertz CT molecular complexity index is 333. The number of hydrogen-bond acceptors (Lipinski definition) is 1. The van der Waals surface area contributed by atoms with Crippen LogP contribution in [-0.4, -0.2) is 6.61 Å². The Morgan fingerprint density at radius 1 is 0.696 bits per heavy atom. The number of unbranched alkanes of at least 4 members (excludes halogenated alkanes) is 13. The van der Waals surface area contributed by atoms with Crippen LogP contribution in [0.15, 0.2) is 24.3 Å². The van der Waals surface area contributed by atoms with Crippen molar-refractivity contribution in [2.24, 2.45) is 0 Å². The monoisotopic (exact) mass is 317 g/mol. The van der Waals surface area contributed by atoms with Crippen LogP contribution in [0.5, 0.6) is 5.75 Å². The minimum Gasteiger partial charge on any atom is -0.493 e. The van der Waals surface area contributed by atoms with Crippen molar-refractivity contribution in [3.05, 3.63) is 30.3 Å². The van der Waals surface area contributed by atoms with E-state index in [4.69, 9.17) is 4.74 Å². The Morgan fingerprint density at radius 2 is 1.22 bits per heavy atom. The third kappa shape index (κ3) is 13.2. The number of hydrogen-bond donors (Lipinski definition) is 0. The summed E-state index contributed by atoms with van der Waals surface area (Å²) in [4.78, 5) is 0. The number of para-hydroxylation sites is 1. The van der Waals surface area contributed by atoms with Gasteiger partial charge in [-0.15, -0.1) is 0 Å². The van der Waals surface area contributed by atoms with Gasteiger partial charge < -0.3 is 4.74 Å². The summed E-state index contributed by atoms with van der Waals surface area (Å²) in [6.45, 7) is 3.12. The van der Waals surface area contributed by atoms with E-state index in [1.54, 1.807) is 0 Å². The van der Waals surface area contributed by atoms with E-state index in [2.05, 4.69) is 13.0 Å². The molecule has 0 heterocycles. The largest absolute Gasteiger partial charge is 0.493 e. The third-order valence-electron chi connectivity index (χ3n) is 4.44. The molecular weight excluding hydrogens is 280 g/mol. The molecule has 0 aliphatic carbocycles. The first-order valence-corrected chi connectivity index (χ1v) is 10.0. The Kier molecular flexibility index (Phi) is 13.9. The first-order chi connectivity index (χ1) is 11.4. The lowest BCUT2D eigenvalue weighted by Crippen LogP contribution is -1.97. The Balaban J connectivity index is 1.72. The van der Waals surface area contributed by atoms with Gasteiger partial charge >= 0.3 is 0 Å². The summed E-state index contributed by atoms with van der Waals surface area (Å²) in [5, 5.41) is 0. The minimum atomic E-state index is 0.832. The second-order valence-corrected chi connectivity index (χ2v) is 6.67. The zero-order valence-corrected chi connectivity index (χ0v) is 15.3. The molecule has 1 aromatic rings. The average Bonchev–Trinajstić information content (AvgIpc) is 2.59. The number of ether oxygens (including phenoxy) is 1. The summed E-state index contributed by atoms with van der Waals surface area (Å²) in [5.41, 5.74) is 0. The van der Waals surface area contributed by atoms with Crippen LogP contribution >= 0.6 is 0 Å². The van der Waals surface area contributed by atoms with E-state index in [1.165, 1.54) is 89.9 Å². The topological polar surface area (TPSA) is 9.23 Å². The predicted molar refractivity (Wildman–Crippen MR) is 101 cm³/mol. The van der Waals surface area contributed by atoms with Crippen molar-refractivity contribution in [1.29, 1.82) is 0 Å². The molecule has 0 atom stereocenters. The summed E-state index contributed by atoms with van der Waals surface area (Å²) in [7, 11) is 0. The highest BCUT2D eigenvalue weighted by Gasteiger charge is 1.95. The maximum absolute atomic E-state index is 5.66. The highest BCUT2D eigenvalue weighted by Crippen LogP contribution is 2.13. The molecule has 0 aliphatic heterocycles. The van der Waals surface area contributed by atoms with Gasteiger partial charge in [-0.1, -0.05) is 109 Å². The Hall–Kier alpha value is -0.980. The van der Waals surface area contributed by atoms with Gasteiger partial charge in [0.2, 0.25) is 0 Å². The summed E-state index contributed by atoms with van der Waals surface area (Å²) >= 11 is 0. The van der Waals surface area contributed by atoms with Gasteiger partial charge in [-0.2, -0.15) is 0 Å². The van der Waals surface area contributed by atoms with Crippen LogP contribution in [-0.2, 0) is 0 Å². The van der Waals surface area contributed by atoms with E-state index in [0.29, 0.717) is 0 Å². The maximum Gasteiger partial charge on any atom is 0.127 e. The summed E-state index contributed by atoms with van der Waals surface area (Å²) in [6.07, 6.45) is 19.6. The zero-order valence-electron chi connectivity index (χ0n) is 15.3. The zero-order chi connectivity index (χ0) is 16.4. The molecule has 23 heavy (non-hydrogen) atoms. The fourth-order valence-corrected chi connectivity index (χ4v) is 2.95. The lowest BCUT2D eigenvalue weighted by atomic mass is 10.0. The Labute approximate surface area is 144 Å². The predicted octanol–water partition coefficient (Wildman–Crippen LogP) is 7.35. The standard InChI is InChI=1S/C22H37O/c1-2-3-4-5-6-7-8-9-10-11-12-13-14-18-21-23-22-19-16-15-17-20-22/h15-17,19H,2-14,18,21H2,1H3. The van der Waals surface area contributed by atoms with E-state index in [9.17, 15) is 0 Å². The van der Waals surface area contributed by atoms with Crippen molar-refractivity contribution in [3.8, 4) is 5.75 Å². The number of benzene rings is 1. The van der Waals surface area contributed by atoms with E-state index >= 15 is 0 Å². The highest BCUT2D eigenvalue weighted by molar-refractivity contribution is 5.19. The van der Waals surface area contributed by atoms with E-state index in [1.807, 2.05) is 24.3 Å². The normalized spacial score (nSPS) is 10.8. The molecule has 0 aromatic heterocycles. The van der Waals surface area contributed by atoms with Crippen LogP contribution in [0.1, 0.15) is 96.8 Å². The summed E-state index contributed by atoms with van der Waals surface area (Å²) in [5.74, 6) is 0.877. The van der Waals surface area contributed by atoms with Crippen LogP contribution in [0.4, 0.5) is 0 Å². The van der Waals surface area contributed by atoms with E-state index in [-0.39, 0.29) is 0 Å². The molecule has 0 bridgehead atoms. The van der Waals surface area contributed by atoms with Gasteiger partial charge in [0.25, 0.3) is 0 Å². The third-order valence-corrected chi connectivity index (χ3v) is 4.44. The minimum absolute atomic E-state index is 0.832. The fraction of sp³-hybridized carbons (Fsp3) is 0.727. The lowest BCUT2D eigenvalue weighted by molar-refractivity contribution is 0.303. The summed E-state index contributed by atoms with van der Waals surface area (Å²) in [6, 6.07) is 10.9. The van der Waals surface area contributed by atoms with Gasteiger partial charge in [-0.25, -0.2) is 0 Å². The van der Waals surface area contributed by atoms with Gasteiger partial charge in [-0.05, 0) is 12.5 Å². The van der Waals surface area contributed by atoms with Gasteiger partial charge in [0.1, 0.15) is 5.75 Å². The molecule has 1 aromatic carbocycles. The molecule has 1 nitrogen and oxygen atoms in total. The van der Waals surface area contributed by atoms with Crippen molar-refractivity contribution in [2.75, 3.05) is 6.61 Å². The van der Waals surface area contributed by atoms with Crippen molar-refractivity contribution in [1.82, 2.24) is 0 Å². The molecule has 0 spiro atoms. The molecule has 0 fully saturated rings. The average molecular weight is 318 g/mol.